The lowest BCUT2D eigenvalue weighted by Crippen LogP contribution is -2.28. The first-order valence-corrected chi connectivity index (χ1v) is 9.06. The van der Waals surface area contributed by atoms with Crippen LogP contribution in [0.4, 0.5) is 10.1 Å². The van der Waals surface area contributed by atoms with Crippen molar-refractivity contribution in [1.82, 2.24) is 19.2 Å². The minimum absolute atomic E-state index is 0.269. The van der Waals surface area contributed by atoms with E-state index in [2.05, 4.69) is 15.4 Å². The molecule has 2 aromatic carbocycles. The van der Waals surface area contributed by atoms with Crippen LogP contribution in [0, 0.1) is 5.82 Å². The van der Waals surface area contributed by atoms with Crippen molar-refractivity contribution in [1.29, 1.82) is 0 Å². The van der Waals surface area contributed by atoms with Crippen molar-refractivity contribution in [3.63, 3.8) is 0 Å². The number of hydrogen-bond donors (Lipinski definition) is 1. The van der Waals surface area contributed by atoms with E-state index < -0.39 is 23.4 Å². The molecule has 0 radical (unpaired) electrons. The van der Waals surface area contributed by atoms with Crippen LogP contribution in [0.3, 0.4) is 0 Å². The summed E-state index contributed by atoms with van der Waals surface area (Å²) in [7, 11) is 0. The normalized spacial score (nSPS) is 11.0. The van der Waals surface area contributed by atoms with Gasteiger partial charge in [0, 0.05) is 17.1 Å². The second-order valence-corrected chi connectivity index (χ2v) is 6.39. The fraction of sp³-hybridized carbons (Fsp3) is 0.150. The molecular formula is C20H16FN5O4. The Kier molecular flexibility index (Phi) is 4.97. The van der Waals surface area contributed by atoms with E-state index in [-0.39, 0.29) is 18.8 Å². The van der Waals surface area contributed by atoms with Crippen LogP contribution >= 0.6 is 0 Å². The van der Waals surface area contributed by atoms with Crippen molar-refractivity contribution in [2.24, 2.45) is 0 Å². The first-order valence-electron chi connectivity index (χ1n) is 9.06. The summed E-state index contributed by atoms with van der Waals surface area (Å²) in [4.78, 5) is 40.6. The van der Waals surface area contributed by atoms with Crippen LogP contribution in [-0.2, 0) is 16.1 Å². The lowest BCUT2D eigenvalue weighted by Gasteiger charge is -2.06. The van der Waals surface area contributed by atoms with E-state index >= 15 is 0 Å². The van der Waals surface area contributed by atoms with E-state index in [0.29, 0.717) is 22.2 Å². The second kappa shape index (κ2) is 7.74. The predicted octanol–water partition coefficient (Wildman–Crippen LogP) is 2.00. The number of rotatable bonds is 5. The molecule has 4 rings (SSSR count). The van der Waals surface area contributed by atoms with Gasteiger partial charge in [-0.25, -0.2) is 28.0 Å². The van der Waals surface area contributed by atoms with Gasteiger partial charge in [-0.3, -0.25) is 4.79 Å². The molecule has 30 heavy (non-hydrogen) atoms. The smallest absolute Gasteiger partial charge is 0.352 e. The van der Waals surface area contributed by atoms with E-state index in [0.717, 1.165) is 4.68 Å². The number of esters is 1. The Morgan fingerprint density at radius 2 is 1.93 bits per heavy atom. The van der Waals surface area contributed by atoms with Gasteiger partial charge in [0.2, 0.25) is 5.91 Å². The Balaban J connectivity index is 1.54. The van der Waals surface area contributed by atoms with Crippen molar-refractivity contribution < 1.29 is 18.7 Å². The zero-order chi connectivity index (χ0) is 21.3. The molecule has 1 amide bonds. The summed E-state index contributed by atoms with van der Waals surface area (Å²) in [6.45, 7) is 1.65. The summed E-state index contributed by atoms with van der Waals surface area (Å²) in [6, 6.07) is 10.1. The molecule has 0 saturated heterocycles. The Labute approximate surface area is 168 Å². The van der Waals surface area contributed by atoms with Gasteiger partial charge in [-0.05, 0) is 43.3 Å². The molecule has 0 aliphatic carbocycles. The van der Waals surface area contributed by atoms with Crippen molar-refractivity contribution in [2.75, 3.05) is 11.9 Å². The number of nitrogens with zero attached hydrogens (tertiary/aromatic N) is 4. The maximum Gasteiger partial charge on any atom is 0.352 e. The monoisotopic (exact) mass is 409 g/mol. The van der Waals surface area contributed by atoms with Gasteiger partial charge in [0.05, 0.1) is 17.7 Å². The predicted molar refractivity (Wildman–Crippen MR) is 106 cm³/mol. The molecule has 10 heteroatoms. The number of benzene rings is 2. The van der Waals surface area contributed by atoms with E-state index in [4.69, 9.17) is 4.74 Å². The van der Waals surface area contributed by atoms with Gasteiger partial charge in [-0.2, -0.15) is 0 Å². The number of anilines is 1. The number of ether oxygens (including phenoxy) is 1. The van der Waals surface area contributed by atoms with Gasteiger partial charge in [0.1, 0.15) is 18.7 Å². The van der Waals surface area contributed by atoms with Crippen molar-refractivity contribution in [2.45, 2.75) is 13.5 Å². The third kappa shape index (κ3) is 3.62. The van der Waals surface area contributed by atoms with E-state index in [1.54, 1.807) is 19.1 Å². The fourth-order valence-corrected chi connectivity index (χ4v) is 2.97. The van der Waals surface area contributed by atoms with Crippen molar-refractivity contribution in [3.05, 3.63) is 70.7 Å². The number of carbonyl (C=O) groups is 2. The minimum atomic E-state index is -0.545. The standard InChI is InChI=1S/C20H16FN5O4/c1-2-30-19(28)12-3-6-14(7-4-12)23-17(27)10-26-20(29)25-11-22-16-9-13(21)5-8-15(16)18(25)24-26/h3-9,11H,2,10H2,1H3,(H,23,27). The number of carbonyl (C=O) groups excluding carboxylic acids is 2. The number of fused-ring (bicyclic) bond motifs is 3. The van der Waals surface area contributed by atoms with Gasteiger partial charge in [0.15, 0.2) is 5.65 Å². The third-order valence-electron chi connectivity index (χ3n) is 4.36. The highest BCUT2D eigenvalue weighted by Crippen LogP contribution is 2.16. The molecule has 0 aliphatic heterocycles. The van der Waals surface area contributed by atoms with Crippen molar-refractivity contribution in [3.8, 4) is 0 Å². The van der Waals surface area contributed by atoms with Crippen molar-refractivity contribution >= 4 is 34.1 Å². The van der Waals surface area contributed by atoms with E-state index in [9.17, 15) is 18.8 Å². The lowest BCUT2D eigenvalue weighted by molar-refractivity contribution is -0.117. The molecule has 1 N–H and O–H groups in total. The zero-order valence-corrected chi connectivity index (χ0v) is 15.8. The quantitative estimate of drug-likeness (QED) is 0.505. The average molecular weight is 409 g/mol. The average Bonchev–Trinajstić information content (AvgIpc) is 3.04. The maximum absolute atomic E-state index is 13.4. The van der Waals surface area contributed by atoms with Crippen LogP contribution in [0.2, 0.25) is 0 Å². The molecule has 0 atom stereocenters. The molecule has 2 heterocycles. The number of halogens is 1. The second-order valence-electron chi connectivity index (χ2n) is 6.39. The van der Waals surface area contributed by atoms with Crippen LogP contribution < -0.4 is 11.0 Å². The highest BCUT2D eigenvalue weighted by molar-refractivity contribution is 5.93. The van der Waals surface area contributed by atoms with Crippen LogP contribution in [0.1, 0.15) is 17.3 Å². The summed E-state index contributed by atoms with van der Waals surface area (Å²) in [5, 5.41) is 7.32. The van der Waals surface area contributed by atoms with Gasteiger partial charge in [-0.15, -0.1) is 5.10 Å². The summed E-state index contributed by atoms with van der Waals surface area (Å²) in [5.74, 6) is -1.38. The molecule has 9 nitrogen and oxygen atoms in total. The third-order valence-corrected chi connectivity index (χ3v) is 4.36. The summed E-state index contributed by atoms with van der Waals surface area (Å²) in [5.41, 5.74) is 0.897. The Hall–Kier alpha value is -4.08. The molecule has 4 aromatic rings. The highest BCUT2D eigenvalue weighted by Gasteiger charge is 2.14. The van der Waals surface area contributed by atoms with Gasteiger partial charge in [0.25, 0.3) is 0 Å². The minimum Gasteiger partial charge on any atom is -0.462 e. The molecule has 0 saturated carbocycles. The number of aromatic nitrogens is 4. The fourth-order valence-electron chi connectivity index (χ4n) is 2.97. The van der Waals surface area contributed by atoms with E-state index in [1.165, 1.54) is 41.1 Å². The Bertz CT molecular complexity index is 1330. The first kappa shape index (κ1) is 19.2. The number of nitrogens with one attached hydrogen (secondary N) is 1. The summed E-state index contributed by atoms with van der Waals surface area (Å²) in [6.07, 6.45) is 1.24. The lowest BCUT2D eigenvalue weighted by atomic mass is 10.2. The van der Waals surface area contributed by atoms with Gasteiger partial charge < -0.3 is 10.1 Å². The highest BCUT2D eigenvalue weighted by atomic mass is 19.1. The van der Waals surface area contributed by atoms with Gasteiger partial charge >= 0.3 is 11.7 Å². The number of amides is 1. The summed E-state index contributed by atoms with van der Waals surface area (Å²) >= 11 is 0. The molecule has 0 fully saturated rings. The van der Waals surface area contributed by atoms with Crippen LogP contribution in [-0.4, -0.2) is 37.6 Å². The van der Waals surface area contributed by atoms with Crippen LogP contribution in [0.5, 0.6) is 0 Å². The van der Waals surface area contributed by atoms with Crippen LogP contribution in [0.25, 0.3) is 16.6 Å². The largest absolute Gasteiger partial charge is 0.462 e. The summed E-state index contributed by atoms with van der Waals surface area (Å²) < 4.78 is 20.5. The topological polar surface area (TPSA) is 108 Å². The first-order chi connectivity index (χ1) is 14.5. The van der Waals surface area contributed by atoms with Crippen LogP contribution in [0.15, 0.2) is 53.6 Å². The van der Waals surface area contributed by atoms with Gasteiger partial charge in [-0.1, -0.05) is 0 Å². The molecular weight excluding hydrogens is 393 g/mol. The molecule has 2 aromatic heterocycles. The zero-order valence-electron chi connectivity index (χ0n) is 15.8. The molecule has 0 unspecified atom stereocenters. The van der Waals surface area contributed by atoms with E-state index in [1.807, 2.05) is 0 Å². The maximum atomic E-state index is 13.4. The SMILES string of the molecule is CCOC(=O)c1ccc(NC(=O)Cn2nc3c4ccc(F)cc4ncn3c2=O)cc1. The molecule has 0 bridgehead atoms. The Morgan fingerprint density at radius 3 is 2.67 bits per heavy atom. The molecule has 152 valence electrons. The molecule has 0 aliphatic rings. The Morgan fingerprint density at radius 1 is 1.17 bits per heavy atom. The molecule has 0 spiro atoms. The number of hydrogen-bond acceptors (Lipinski definition) is 6.